The van der Waals surface area contributed by atoms with Gasteiger partial charge in [0.2, 0.25) is 10.0 Å². The van der Waals surface area contributed by atoms with Crippen LogP contribution < -0.4 is 14.9 Å². The van der Waals surface area contributed by atoms with Crippen LogP contribution in [0.2, 0.25) is 0 Å². The van der Waals surface area contributed by atoms with Crippen LogP contribution in [-0.2, 0) is 10.0 Å². The number of carbonyl (C=O) groups excluding carboxylic acids is 2. The Balaban J connectivity index is 1.24. The quantitative estimate of drug-likeness (QED) is 0.496. The molecule has 0 spiro atoms. The molecule has 0 unspecified atom stereocenters. The van der Waals surface area contributed by atoms with Gasteiger partial charge < -0.3 is 4.90 Å². The van der Waals surface area contributed by atoms with Crippen LogP contribution in [0.4, 0.5) is 5.69 Å². The van der Waals surface area contributed by atoms with Crippen molar-refractivity contribution in [2.24, 2.45) is 0 Å². The predicted molar refractivity (Wildman–Crippen MR) is 118 cm³/mol. The second kappa shape index (κ2) is 8.78. The van der Waals surface area contributed by atoms with Crippen molar-refractivity contribution in [3.8, 4) is 0 Å². The average Bonchev–Trinajstić information content (AvgIpc) is 3.05. The number of piperazine rings is 1. The van der Waals surface area contributed by atoms with Crippen molar-refractivity contribution in [3.63, 3.8) is 0 Å². The highest BCUT2D eigenvalue weighted by atomic mass is 32.2. The van der Waals surface area contributed by atoms with Crippen molar-refractivity contribution in [2.45, 2.75) is 18.2 Å². The maximum atomic E-state index is 12.6. The Kier molecular flexibility index (Phi) is 6.08. The fraction of sp³-hybridized carbons (Fsp3) is 0.364. The summed E-state index contributed by atoms with van der Waals surface area (Å²) >= 11 is 0. The molecule has 8 nitrogen and oxygen atoms in total. The van der Waals surface area contributed by atoms with E-state index in [-0.39, 0.29) is 16.0 Å². The Hall–Kier alpha value is -2.75. The fourth-order valence-corrected chi connectivity index (χ4v) is 5.06. The average molecular weight is 443 g/mol. The van der Waals surface area contributed by atoms with Gasteiger partial charge in [0, 0.05) is 38.4 Å². The highest BCUT2D eigenvalue weighted by Gasteiger charge is 2.28. The summed E-state index contributed by atoms with van der Waals surface area (Å²) in [5.74, 6) is -1.07. The van der Waals surface area contributed by atoms with Crippen molar-refractivity contribution in [1.82, 2.24) is 14.9 Å². The molecule has 164 valence electrons. The molecule has 2 amide bonds. The zero-order valence-corrected chi connectivity index (χ0v) is 18.2. The van der Waals surface area contributed by atoms with E-state index in [0.717, 1.165) is 32.7 Å². The van der Waals surface area contributed by atoms with Gasteiger partial charge in [-0.25, -0.2) is 13.1 Å². The van der Waals surface area contributed by atoms with Crippen LogP contribution >= 0.6 is 0 Å². The van der Waals surface area contributed by atoms with Gasteiger partial charge in [-0.1, -0.05) is 12.1 Å². The van der Waals surface area contributed by atoms with E-state index in [1.807, 2.05) is 0 Å². The number of nitrogens with one attached hydrogen (secondary N) is 2. The second-order valence-electron chi connectivity index (χ2n) is 7.91. The van der Waals surface area contributed by atoms with Gasteiger partial charge in [-0.15, -0.1) is 0 Å². The number of anilines is 1. The number of nitrogens with zero attached hydrogens (tertiary/aromatic N) is 2. The van der Waals surface area contributed by atoms with E-state index in [2.05, 4.69) is 51.0 Å². The van der Waals surface area contributed by atoms with Crippen LogP contribution in [0, 0.1) is 6.92 Å². The number of carbonyl (C=O) groups is 2. The first-order valence-corrected chi connectivity index (χ1v) is 11.9. The number of hydrogen-bond acceptors (Lipinski definition) is 6. The lowest BCUT2D eigenvalue weighted by Crippen LogP contribution is -2.47. The molecule has 0 aliphatic carbocycles. The normalized spacial score (nSPS) is 17.0. The molecule has 0 atom stereocenters. The van der Waals surface area contributed by atoms with Crippen molar-refractivity contribution < 1.29 is 18.0 Å². The zero-order chi connectivity index (χ0) is 22.0. The van der Waals surface area contributed by atoms with Gasteiger partial charge in [-0.3, -0.25) is 19.8 Å². The van der Waals surface area contributed by atoms with Gasteiger partial charge >= 0.3 is 0 Å². The highest BCUT2D eigenvalue weighted by molar-refractivity contribution is 7.89. The van der Waals surface area contributed by atoms with Crippen molar-refractivity contribution in [3.05, 3.63) is 59.2 Å². The van der Waals surface area contributed by atoms with E-state index >= 15 is 0 Å². The molecule has 4 rings (SSSR count). The largest absolute Gasteiger partial charge is 0.369 e. The minimum Gasteiger partial charge on any atom is -0.369 e. The monoisotopic (exact) mass is 442 g/mol. The van der Waals surface area contributed by atoms with Crippen LogP contribution in [0.3, 0.4) is 0 Å². The van der Waals surface area contributed by atoms with Crippen molar-refractivity contribution in [2.75, 3.05) is 44.2 Å². The molecule has 0 aromatic heterocycles. The summed E-state index contributed by atoms with van der Waals surface area (Å²) in [5, 5.41) is 2.16. The number of fused-ring (bicyclic) bond motifs is 1. The first-order chi connectivity index (χ1) is 14.8. The molecule has 31 heavy (non-hydrogen) atoms. The zero-order valence-electron chi connectivity index (χ0n) is 17.4. The minimum atomic E-state index is -3.74. The summed E-state index contributed by atoms with van der Waals surface area (Å²) in [6, 6.07) is 12.5. The molecule has 2 aromatic carbocycles. The molecule has 1 saturated heterocycles. The van der Waals surface area contributed by atoms with Gasteiger partial charge in [0.05, 0.1) is 16.0 Å². The molecule has 2 aliphatic heterocycles. The summed E-state index contributed by atoms with van der Waals surface area (Å²) < 4.78 is 27.7. The molecule has 0 saturated carbocycles. The predicted octanol–water partition coefficient (Wildman–Crippen LogP) is 1.37. The summed E-state index contributed by atoms with van der Waals surface area (Å²) in [7, 11) is -3.74. The fourth-order valence-electron chi connectivity index (χ4n) is 3.96. The van der Waals surface area contributed by atoms with E-state index in [4.69, 9.17) is 0 Å². The Labute approximate surface area is 182 Å². The van der Waals surface area contributed by atoms with Crippen molar-refractivity contribution >= 4 is 27.5 Å². The Bertz CT molecular complexity index is 1110. The maximum absolute atomic E-state index is 12.6. The Morgan fingerprint density at radius 1 is 0.968 bits per heavy atom. The standard InChI is InChI=1S/C22H26N4O4S/c1-16-4-2-5-17(14-16)26-12-10-25(11-13-26)9-3-8-23-31(29,30)18-6-7-19-20(15-18)22(28)24-21(19)27/h2,4-7,14-15,23H,3,8-13H2,1H3,(H,24,27,28). The summed E-state index contributed by atoms with van der Waals surface area (Å²) in [6.45, 7) is 6.99. The third kappa shape index (κ3) is 4.79. The van der Waals surface area contributed by atoms with E-state index in [9.17, 15) is 18.0 Å². The summed E-state index contributed by atoms with van der Waals surface area (Å²) in [4.78, 5) is 28.1. The highest BCUT2D eigenvalue weighted by Crippen LogP contribution is 2.20. The minimum absolute atomic E-state index is 0.0112. The van der Waals surface area contributed by atoms with Gasteiger partial charge in [0.15, 0.2) is 0 Å². The number of hydrogen-bond donors (Lipinski definition) is 2. The molecular formula is C22H26N4O4S. The lowest BCUT2D eigenvalue weighted by Gasteiger charge is -2.36. The topological polar surface area (TPSA) is 98.8 Å². The number of aryl methyl sites for hydroxylation is 1. The van der Waals surface area contributed by atoms with Crippen LogP contribution in [0.5, 0.6) is 0 Å². The molecule has 2 aliphatic rings. The van der Waals surface area contributed by atoms with Gasteiger partial charge in [-0.05, 0) is 55.8 Å². The lowest BCUT2D eigenvalue weighted by atomic mass is 10.1. The SMILES string of the molecule is Cc1cccc(N2CCN(CCCNS(=O)(=O)c3ccc4c(c3)C(=O)NC4=O)CC2)c1. The summed E-state index contributed by atoms with van der Waals surface area (Å²) in [5.41, 5.74) is 2.80. The van der Waals surface area contributed by atoms with Crippen LogP contribution in [0.15, 0.2) is 47.4 Å². The van der Waals surface area contributed by atoms with Crippen LogP contribution in [0.1, 0.15) is 32.7 Å². The number of imide groups is 1. The molecule has 2 aromatic rings. The number of rotatable bonds is 7. The number of amides is 2. The second-order valence-corrected chi connectivity index (χ2v) is 9.68. The molecule has 0 bridgehead atoms. The maximum Gasteiger partial charge on any atom is 0.258 e. The lowest BCUT2D eigenvalue weighted by molar-refractivity contribution is 0.0879. The Morgan fingerprint density at radius 2 is 1.71 bits per heavy atom. The molecule has 2 heterocycles. The van der Waals surface area contributed by atoms with E-state index in [0.29, 0.717) is 13.0 Å². The van der Waals surface area contributed by atoms with Crippen LogP contribution in [-0.4, -0.2) is 64.4 Å². The first-order valence-electron chi connectivity index (χ1n) is 10.4. The first kappa shape index (κ1) is 21.5. The van der Waals surface area contributed by atoms with E-state index < -0.39 is 21.8 Å². The van der Waals surface area contributed by atoms with Crippen molar-refractivity contribution in [1.29, 1.82) is 0 Å². The molecule has 0 radical (unpaired) electrons. The van der Waals surface area contributed by atoms with Gasteiger partial charge in [0.25, 0.3) is 11.8 Å². The molecular weight excluding hydrogens is 416 g/mol. The van der Waals surface area contributed by atoms with E-state index in [1.54, 1.807) is 0 Å². The number of benzene rings is 2. The molecule has 1 fully saturated rings. The molecule has 9 heteroatoms. The van der Waals surface area contributed by atoms with E-state index in [1.165, 1.54) is 29.4 Å². The van der Waals surface area contributed by atoms with Crippen LogP contribution in [0.25, 0.3) is 0 Å². The smallest absolute Gasteiger partial charge is 0.258 e. The third-order valence-corrected chi connectivity index (χ3v) is 7.16. The van der Waals surface area contributed by atoms with Gasteiger partial charge in [-0.2, -0.15) is 0 Å². The Morgan fingerprint density at radius 3 is 2.45 bits per heavy atom. The van der Waals surface area contributed by atoms with Gasteiger partial charge in [0.1, 0.15) is 0 Å². The molecule has 2 N–H and O–H groups in total. The summed E-state index contributed by atoms with van der Waals surface area (Å²) in [6.07, 6.45) is 0.688. The number of sulfonamides is 1. The third-order valence-electron chi connectivity index (χ3n) is 5.70.